The van der Waals surface area contributed by atoms with Crippen molar-refractivity contribution in [1.29, 1.82) is 0 Å². The van der Waals surface area contributed by atoms with Gasteiger partial charge in [-0.25, -0.2) is 13.6 Å². The summed E-state index contributed by atoms with van der Waals surface area (Å²) in [5, 5.41) is 29.3. The van der Waals surface area contributed by atoms with Crippen molar-refractivity contribution in [1.82, 2.24) is 5.32 Å². The minimum absolute atomic E-state index is 0.123. The van der Waals surface area contributed by atoms with Crippen LogP contribution in [0.5, 0.6) is 5.75 Å². The van der Waals surface area contributed by atoms with Gasteiger partial charge in [-0.1, -0.05) is 12.1 Å². The normalized spacial score (nSPS) is 12.9. The van der Waals surface area contributed by atoms with E-state index in [4.69, 9.17) is 9.88 Å². The average molecular weight is 569 g/mol. The minimum atomic E-state index is -3.66. The summed E-state index contributed by atoms with van der Waals surface area (Å²) in [6, 6.07) is 11.7. The maximum atomic E-state index is 11.4. The SMILES string of the molecule is NS(=O)(=O)c1cccc(CCCCOCCCCCCNC[C@H](O)c2ccc(O)c([AsH]C=O)c2)c1. The summed E-state index contributed by atoms with van der Waals surface area (Å²) < 4.78 is 29.2. The van der Waals surface area contributed by atoms with Gasteiger partial charge in [-0.15, -0.1) is 0 Å². The van der Waals surface area contributed by atoms with Crippen LogP contribution in [0.3, 0.4) is 0 Å². The van der Waals surface area contributed by atoms with Gasteiger partial charge < -0.3 is 4.74 Å². The molecule has 0 spiro atoms. The molecule has 2 rings (SSSR count). The van der Waals surface area contributed by atoms with Crippen LogP contribution in [0.4, 0.5) is 0 Å². The summed E-state index contributed by atoms with van der Waals surface area (Å²) in [5.74, 6) is 0.123. The van der Waals surface area contributed by atoms with Crippen LogP contribution >= 0.6 is 0 Å². The van der Waals surface area contributed by atoms with Crippen LogP contribution in [0.15, 0.2) is 47.4 Å². The van der Waals surface area contributed by atoms with Crippen LogP contribution in [0, 0.1) is 0 Å². The molecule has 0 bridgehead atoms. The fraction of sp³-hybridized carbons (Fsp3) is 0.480. The molecule has 0 aliphatic heterocycles. The van der Waals surface area contributed by atoms with Crippen molar-refractivity contribution in [2.24, 2.45) is 5.14 Å². The molecule has 0 saturated heterocycles. The van der Waals surface area contributed by atoms with Crippen molar-refractivity contribution in [3.8, 4) is 5.75 Å². The van der Waals surface area contributed by atoms with E-state index < -0.39 is 31.9 Å². The third-order valence-corrected chi connectivity index (χ3v) is 8.23. The second-order valence-corrected chi connectivity index (χ2v) is 12.2. The summed E-state index contributed by atoms with van der Waals surface area (Å²) in [7, 11) is -3.66. The second-order valence-electron chi connectivity index (χ2n) is 8.43. The number of nitrogens with one attached hydrogen (secondary N) is 1. The fourth-order valence-corrected chi connectivity index (χ4v) is 5.48. The van der Waals surface area contributed by atoms with E-state index >= 15 is 0 Å². The van der Waals surface area contributed by atoms with Crippen molar-refractivity contribution in [2.45, 2.75) is 55.9 Å². The van der Waals surface area contributed by atoms with Crippen LogP contribution in [0.25, 0.3) is 0 Å². The van der Waals surface area contributed by atoms with E-state index in [-0.39, 0.29) is 10.6 Å². The number of phenols is 1. The van der Waals surface area contributed by atoms with E-state index in [1.165, 1.54) is 6.07 Å². The number of hydrogen-bond acceptors (Lipinski definition) is 7. The standard InChI is InChI=1S/C25H37AsN2O6S/c27-35(32,33)22-10-7-9-20(16-22)8-3-6-15-34-14-5-2-1-4-13-28-18-25(31)21-11-12-24(30)23(17-21)26-19-29/h7,9-12,16-17,19,25-26,28,30-31H,1-6,8,13-15,18H2,(H2,27,32,33)/t25-/m0/s1. The topological polar surface area (TPSA) is 139 Å². The number of aromatic hydroxyl groups is 1. The molecule has 0 aliphatic carbocycles. The molecule has 0 saturated carbocycles. The Morgan fingerprint density at radius 1 is 1.03 bits per heavy atom. The summed E-state index contributed by atoms with van der Waals surface area (Å²) >= 11 is -1.01. The molecule has 10 heteroatoms. The maximum Gasteiger partial charge on any atom is -0.0389 e. The monoisotopic (exact) mass is 568 g/mol. The first-order chi connectivity index (χ1) is 16.8. The summed E-state index contributed by atoms with van der Waals surface area (Å²) in [4.78, 5) is 10.9. The number of phenolic OH excluding ortho intramolecular Hbond substituents is 1. The van der Waals surface area contributed by atoms with Crippen LogP contribution < -0.4 is 14.8 Å². The Morgan fingerprint density at radius 3 is 2.51 bits per heavy atom. The number of nitrogens with two attached hydrogens (primary N) is 1. The predicted molar refractivity (Wildman–Crippen MR) is 140 cm³/mol. The third kappa shape index (κ3) is 11.7. The van der Waals surface area contributed by atoms with Gasteiger partial charge in [-0.3, -0.25) is 0 Å². The molecular weight excluding hydrogens is 531 g/mol. The van der Waals surface area contributed by atoms with Crippen molar-refractivity contribution >= 4 is 35.2 Å². The van der Waals surface area contributed by atoms with E-state index in [0.717, 1.165) is 68.7 Å². The zero-order valence-electron chi connectivity index (χ0n) is 20.0. The molecule has 0 aliphatic rings. The van der Waals surface area contributed by atoms with Crippen molar-refractivity contribution in [3.05, 3.63) is 53.6 Å². The number of unbranched alkanes of at least 4 members (excludes halogenated alkanes) is 4. The molecule has 35 heavy (non-hydrogen) atoms. The maximum absolute atomic E-state index is 11.4. The number of carbonyl (C=O) groups excluding carboxylic acids is 1. The Hall–Kier alpha value is -1.74. The Kier molecular flexibility index (Phi) is 13.6. The van der Waals surface area contributed by atoms with Crippen LogP contribution in [-0.4, -0.2) is 65.8 Å². The molecule has 0 heterocycles. The van der Waals surface area contributed by atoms with Gasteiger partial charge in [0.2, 0.25) is 10.0 Å². The molecule has 2 aromatic carbocycles. The van der Waals surface area contributed by atoms with E-state index in [9.17, 15) is 23.4 Å². The van der Waals surface area contributed by atoms with Crippen molar-refractivity contribution in [2.75, 3.05) is 26.3 Å². The van der Waals surface area contributed by atoms with E-state index in [1.54, 1.807) is 30.3 Å². The third-order valence-electron chi connectivity index (χ3n) is 5.58. The van der Waals surface area contributed by atoms with Gasteiger partial charge in [0.1, 0.15) is 0 Å². The molecule has 2 aromatic rings. The number of ether oxygens (including phenoxy) is 1. The number of benzene rings is 2. The number of rotatable bonds is 18. The van der Waals surface area contributed by atoms with Gasteiger partial charge in [0.15, 0.2) is 0 Å². The molecule has 0 fully saturated rings. The molecule has 5 N–H and O–H groups in total. The Bertz CT molecular complexity index is 1020. The molecule has 2 atom stereocenters. The molecule has 0 amide bonds. The fourth-order valence-electron chi connectivity index (χ4n) is 3.62. The molecule has 8 nitrogen and oxygen atoms in total. The molecular formula is C25H37AsN2O6S. The Labute approximate surface area is 215 Å². The first-order valence-electron chi connectivity index (χ1n) is 11.9. The molecule has 194 valence electrons. The summed E-state index contributed by atoms with van der Waals surface area (Å²) in [6.07, 6.45) is 6.17. The summed E-state index contributed by atoms with van der Waals surface area (Å²) in [5.41, 5.74) is 1.68. The second kappa shape index (κ2) is 16.1. The number of aliphatic hydroxyl groups is 1. The van der Waals surface area contributed by atoms with Gasteiger partial charge >= 0.3 is 126 Å². The number of hydrogen-bond donors (Lipinski definition) is 4. The number of aliphatic hydroxyl groups excluding tert-OH is 1. The van der Waals surface area contributed by atoms with Gasteiger partial charge in [0, 0.05) is 6.61 Å². The van der Waals surface area contributed by atoms with Gasteiger partial charge in [-0.2, -0.15) is 0 Å². The van der Waals surface area contributed by atoms with Gasteiger partial charge in [-0.05, 0) is 37.0 Å². The predicted octanol–water partition coefficient (Wildman–Crippen LogP) is 1.51. The first kappa shape index (κ1) is 29.5. The number of aryl methyl sites for hydroxylation is 1. The average Bonchev–Trinajstić information content (AvgIpc) is 2.83. The Balaban J connectivity index is 1.45. The van der Waals surface area contributed by atoms with E-state index in [2.05, 4.69) is 5.32 Å². The first-order valence-corrected chi connectivity index (χ1v) is 15.7. The van der Waals surface area contributed by atoms with Crippen LogP contribution in [0.2, 0.25) is 0 Å². The number of sulfonamides is 1. The number of carbonyl (C=O) groups is 1. The van der Waals surface area contributed by atoms with Crippen LogP contribution in [0.1, 0.15) is 55.8 Å². The Morgan fingerprint density at radius 2 is 1.77 bits per heavy atom. The minimum Gasteiger partial charge on any atom is -0.0389 e. The van der Waals surface area contributed by atoms with E-state index in [0.29, 0.717) is 23.1 Å². The van der Waals surface area contributed by atoms with Crippen LogP contribution in [-0.2, 0) is 26.0 Å². The molecule has 1 unspecified atom stereocenters. The van der Waals surface area contributed by atoms with Gasteiger partial charge in [0.25, 0.3) is 0 Å². The van der Waals surface area contributed by atoms with Gasteiger partial charge in [0.05, 0.1) is 4.90 Å². The molecule has 0 aromatic heterocycles. The van der Waals surface area contributed by atoms with Crippen molar-refractivity contribution in [3.63, 3.8) is 0 Å². The number of primary sulfonamides is 1. The quantitative estimate of drug-likeness (QED) is 0.122. The largest absolute Gasteiger partial charge is 0.0389 e. The molecule has 0 radical (unpaired) electrons. The summed E-state index contributed by atoms with van der Waals surface area (Å²) in [6.45, 7) is 2.68. The zero-order chi connectivity index (χ0) is 25.5. The smallest absolute Gasteiger partial charge is 0.0389 e. The zero-order valence-corrected chi connectivity index (χ0v) is 22.9. The van der Waals surface area contributed by atoms with Crippen molar-refractivity contribution < 1.29 is 28.2 Å². The van der Waals surface area contributed by atoms with E-state index in [1.807, 2.05) is 6.07 Å².